The van der Waals surface area contributed by atoms with Crippen molar-refractivity contribution in [3.63, 3.8) is 0 Å². The van der Waals surface area contributed by atoms with E-state index in [2.05, 4.69) is 28.2 Å². The first-order valence-corrected chi connectivity index (χ1v) is 6.33. The van der Waals surface area contributed by atoms with Crippen LogP contribution in [0, 0.1) is 18.3 Å². The fraction of sp³-hybridized carbons (Fsp3) is 0.0714. The van der Waals surface area contributed by atoms with E-state index in [1.54, 1.807) is 11.3 Å². The van der Waals surface area contributed by atoms with Gasteiger partial charge in [0.15, 0.2) is 5.69 Å². The van der Waals surface area contributed by atoms with Crippen molar-refractivity contribution in [2.75, 3.05) is 0 Å². The molecule has 2 aromatic heterocycles. The largest absolute Gasteiger partial charge is 0.222 e. The van der Waals surface area contributed by atoms with Crippen LogP contribution in [-0.4, -0.2) is 9.97 Å². The molecule has 1 aromatic carbocycles. The molecular formula is C14H9N3S. The Bertz CT molecular complexity index is 754. The van der Waals surface area contributed by atoms with Gasteiger partial charge in [0.2, 0.25) is 0 Å². The average molecular weight is 251 g/mol. The molecule has 0 aliphatic carbocycles. The Balaban J connectivity index is 2.27. The Kier molecular flexibility index (Phi) is 2.54. The van der Waals surface area contributed by atoms with Crippen LogP contribution in [0.3, 0.4) is 0 Å². The first kappa shape index (κ1) is 10.9. The molecule has 3 aromatic rings. The summed E-state index contributed by atoms with van der Waals surface area (Å²) in [4.78, 5) is 10.5. The number of benzene rings is 1. The molecule has 0 aliphatic rings. The second kappa shape index (κ2) is 4.21. The summed E-state index contributed by atoms with van der Waals surface area (Å²) in [7, 11) is 0. The minimum absolute atomic E-state index is 0.455. The summed E-state index contributed by atoms with van der Waals surface area (Å²) in [6, 6.07) is 14.2. The van der Waals surface area contributed by atoms with Gasteiger partial charge in [-0.05, 0) is 18.6 Å². The normalized spacial score (nSPS) is 10.4. The highest BCUT2D eigenvalue weighted by Crippen LogP contribution is 2.33. The minimum atomic E-state index is 0.455. The van der Waals surface area contributed by atoms with Crippen LogP contribution < -0.4 is 0 Å². The van der Waals surface area contributed by atoms with Gasteiger partial charge in [-0.2, -0.15) is 5.26 Å². The monoisotopic (exact) mass is 251 g/mol. The minimum Gasteiger partial charge on any atom is -0.222 e. The highest BCUT2D eigenvalue weighted by atomic mass is 32.1. The molecular weight excluding hydrogens is 242 g/mol. The van der Waals surface area contributed by atoms with E-state index in [4.69, 9.17) is 5.26 Å². The van der Waals surface area contributed by atoms with Gasteiger partial charge in [-0.3, -0.25) is 0 Å². The summed E-state index contributed by atoms with van der Waals surface area (Å²) in [5.74, 6) is 0.639. The Morgan fingerprint density at radius 2 is 1.94 bits per heavy atom. The number of nitriles is 1. The van der Waals surface area contributed by atoms with E-state index in [-0.39, 0.29) is 0 Å². The third-order valence-electron chi connectivity index (χ3n) is 2.67. The van der Waals surface area contributed by atoms with Gasteiger partial charge in [-0.1, -0.05) is 30.3 Å². The molecule has 0 atom stereocenters. The maximum Gasteiger partial charge on any atom is 0.152 e. The van der Waals surface area contributed by atoms with Crippen molar-refractivity contribution in [1.82, 2.24) is 9.97 Å². The quantitative estimate of drug-likeness (QED) is 0.664. The number of hydrogen-bond donors (Lipinski definition) is 0. The number of thiophene rings is 1. The van der Waals surface area contributed by atoms with Gasteiger partial charge in [0.05, 0.1) is 0 Å². The fourth-order valence-electron chi connectivity index (χ4n) is 1.86. The molecule has 3 nitrogen and oxygen atoms in total. The maximum atomic E-state index is 9.10. The lowest BCUT2D eigenvalue weighted by atomic mass is 10.2. The van der Waals surface area contributed by atoms with Crippen LogP contribution >= 0.6 is 11.3 Å². The van der Waals surface area contributed by atoms with Gasteiger partial charge in [0.25, 0.3) is 0 Å². The van der Waals surface area contributed by atoms with Gasteiger partial charge in [0.1, 0.15) is 16.7 Å². The number of hydrogen-bond acceptors (Lipinski definition) is 4. The Morgan fingerprint density at radius 3 is 2.67 bits per heavy atom. The van der Waals surface area contributed by atoms with Crippen LogP contribution in [0.1, 0.15) is 11.5 Å². The molecule has 4 heteroatoms. The molecule has 0 amide bonds. The number of fused-ring (bicyclic) bond motifs is 1. The number of aromatic nitrogens is 2. The summed E-state index contributed by atoms with van der Waals surface area (Å²) in [6.45, 7) is 1.81. The third-order valence-corrected chi connectivity index (χ3v) is 3.75. The molecule has 0 saturated carbocycles. The SMILES string of the molecule is Cc1nc(C#N)c2cc(-c3ccccc3)sc2n1. The molecule has 0 bridgehead atoms. The molecule has 0 unspecified atom stereocenters. The summed E-state index contributed by atoms with van der Waals surface area (Å²) in [5.41, 5.74) is 1.60. The highest BCUT2D eigenvalue weighted by Gasteiger charge is 2.10. The van der Waals surface area contributed by atoms with E-state index < -0.39 is 0 Å². The van der Waals surface area contributed by atoms with Crippen LogP contribution in [0.4, 0.5) is 0 Å². The zero-order valence-corrected chi connectivity index (χ0v) is 10.5. The molecule has 0 fully saturated rings. The number of aryl methyl sites for hydroxylation is 1. The van der Waals surface area contributed by atoms with E-state index in [0.29, 0.717) is 11.5 Å². The van der Waals surface area contributed by atoms with Crippen molar-refractivity contribution < 1.29 is 0 Å². The van der Waals surface area contributed by atoms with Crippen molar-refractivity contribution in [3.05, 3.63) is 47.9 Å². The van der Waals surface area contributed by atoms with Gasteiger partial charge in [-0.25, -0.2) is 9.97 Å². The Hall–Kier alpha value is -2.25. The van der Waals surface area contributed by atoms with E-state index in [1.165, 1.54) is 0 Å². The lowest BCUT2D eigenvalue weighted by Gasteiger charge is -1.93. The van der Waals surface area contributed by atoms with Crippen molar-refractivity contribution >= 4 is 21.6 Å². The molecule has 0 N–H and O–H groups in total. The predicted octanol–water partition coefficient (Wildman–Crippen LogP) is 3.54. The van der Waals surface area contributed by atoms with Gasteiger partial charge in [-0.15, -0.1) is 11.3 Å². The van der Waals surface area contributed by atoms with Crippen molar-refractivity contribution in [3.8, 4) is 16.5 Å². The highest BCUT2D eigenvalue weighted by molar-refractivity contribution is 7.21. The summed E-state index contributed by atoms with van der Waals surface area (Å²) >= 11 is 1.59. The van der Waals surface area contributed by atoms with E-state index in [1.807, 2.05) is 31.2 Å². The first-order chi connectivity index (χ1) is 8.78. The topological polar surface area (TPSA) is 49.6 Å². The summed E-state index contributed by atoms with van der Waals surface area (Å²) < 4.78 is 0. The van der Waals surface area contributed by atoms with Crippen LogP contribution in [-0.2, 0) is 0 Å². The predicted molar refractivity (Wildman–Crippen MR) is 72.3 cm³/mol. The van der Waals surface area contributed by atoms with Crippen LogP contribution in [0.25, 0.3) is 20.7 Å². The molecule has 3 rings (SSSR count). The molecule has 2 heterocycles. The van der Waals surface area contributed by atoms with Crippen molar-refractivity contribution in [2.24, 2.45) is 0 Å². The van der Waals surface area contributed by atoms with Crippen LogP contribution in [0.5, 0.6) is 0 Å². The molecule has 0 spiro atoms. The second-order valence-electron chi connectivity index (χ2n) is 3.93. The van der Waals surface area contributed by atoms with E-state index in [0.717, 1.165) is 20.7 Å². The fourth-order valence-corrected chi connectivity index (χ4v) is 2.94. The lowest BCUT2D eigenvalue weighted by molar-refractivity contribution is 1.08. The Labute approximate surface area is 108 Å². The summed E-state index contributed by atoms with van der Waals surface area (Å²) in [5, 5.41) is 9.94. The maximum absolute atomic E-state index is 9.10. The lowest BCUT2D eigenvalue weighted by Crippen LogP contribution is -1.90. The van der Waals surface area contributed by atoms with Crippen molar-refractivity contribution in [1.29, 1.82) is 5.26 Å². The number of rotatable bonds is 1. The third kappa shape index (κ3) is 1.75. The molecule has 0 saturated heterocycles. The summed E-state index contributed by atoms with van der Waals surface area (Å²) in [6.07, 6.45) is 0. The average Bonchev–Trinajstić information content (AvgIpc) is 2.82. The first-order valence-electron chi connectivity index (χ1n) is 5.51. The van der Waals surface area contributed by atoms with Gasteiger partial charge < -0.3 is 0 Å². The van der Waals surface area contributed by atoms with Gasteiger partial charge in [0, 0.05) is 10.3 Å². The Morgan fingerprint density at radius 1 is 1.17 bits per heavy atom. The molecule has 0 radical (unpaired) electrons. The molecule has 18 heavy (non-hydrogen) atoms. The smallest absolute Gasteiger partial charge is 0.152 e. The van der Waals surface area contributed by atoms with Crippen LogP contribution in [0.2, 0.25) is 0 Å². The molecule has 0 aliphatic heterocycles. The zero-order chi connectivity index (χ0) is 12.5. The molecule has 86 valence electrons. The standard InChI is InChI=1S/C14H9N3S/c1-9-16-12(8-15)11-7-13(18-14(11)17-9)10-5-3-2-4-6-10/h2-7H,1H3. The second-order valence-corrected chi connectivity index (χ2v) is 4.96. The zero-order valence-electron chi connectivity index (χ0n) is 9.71. The van der Waals surface area contributed by atoms with Crippen LogP contribution in [0.15, 0.2) is 36.4 Å². The van der Waals surface area contributed by atoms with Gasteiger partial charge >= 0.3 is 0 Å². The van der Waals surface area contributed by atoms with E-state index in [9.17, 15) is 0 Å². The van der Waals surface area contributed by atoms with E-state index >= 15 is 0 Å². The number of nitrogens with zero attached hydrogens (tertiary/aromatic N) is 3. The van der Waals surface area contributed by atoms with Crippen molar-refractivity contribution in [2.45, 2.75) is 6.92 Å².